The first-order valence-electron chi connectivity index (χ1n) is 9.50. The van der Waals surface area contributed by atoms with Crippen LogP contribution in [-0.4, -0.2) is 39.9 Å². The van der Waals surface area contributed by atoms with Crippen molar-refractivity contribution in [3.05, 3.63) is 67.3 Å². The molecule has 0 atom stereocenters. The van der Waals surface area contributed by atoms with Gasteiger partial charge in [-0.2, -0.15) is 10.2 Å². The van der Waals surface area contributed by atoms with Gasteiger partial charge in [-0.3, -0.25) is 14.8 Å². The second-order valence-corrected chi connectivity index (χ2v) is 7.09. The maximum Gasteiger partial charge on any atom is 0.178 e. The summed E-state index contributed by atoms with van der Waals surface area (Å²) in [4.78, 5) is 17.0. The van der Waals surface area contributed by atoms with Crippen molar-refractivity contribution in [1.29, 1.82) is 0 Å². The van der Waals surface area contributed by atoms with E-state index in [2.05, 4.69) is 42.4 Å². The first-order chi connectivity index (χ1) is 14.8. The molecule has 6 aromatic rings. The number of aromatic nitrogens is 8. The summed E-state index contributed by atoms with van der Waals surface area (Å²) in [6, 6.07) is 14.0. The van der Waals surface area contributed by atoms with E-state index in [1.165, 1.54) is 0 Å². The number of imidazole rings is 1. The lowest BCUT2D eigenvalue weighted by atomic mass is 10.1. The summed E-state index contributed by atoms with van der Waals surface area (Å²) in [6.45, 7) is 0. The minimum atomic E-state index is 0.632. The van der Waals surface area contributed by atoms with Gasteiger partial charge in [0.05, 0.1) is 22.9 Å². The number of nitrogens with one attached hydrogen (secondary N) is 2. The molecule has 0 unspecified atom stereocenters. The molecule has 5 aromatic heterocycles. The van der Waals surface area contributed by atoms with E-state index >= 15 is 0 Å². The lowest BCUT2D eigenvalue weighted by molar-refractivity contribution is 0.768. The van der Waals surface area contributed by atoms with E-state index in [9.17, 15) is 0 Å². The van der Waals surface area contributed by atoms with Crippen LogP contribution in [0.25, 0.3) is 56.0 Å². The van der Waals surface area contributed by atoms with Gasteiger partial charge in [-0.05, 0) is 35.9 Å². The van der Waals surface area contributed by atoms with Crippen LogP contribution in [0.1, 0.15) is 0 Å². The average molecular weight is 392 g/mol. The molecule has 144 valence electrons. The molecule has 30 heavy (non-hydrogen) atoms. The van der Waals surface area contributed by atoms with E-state index in [4.69, 9.17) is 4.98 Å². The number of hydrogen-bond acceptors (Lipinski definition) is 5. The molecule has 0 amide bonds. The second-order valence-electron chi connectivity index (χ2n) is 7.09. The molecule has 0 spiro atoms. The van der Waals surface area contributed by atoms with Gasteiger partial charge in [0, 0.05) is 42.2 Å². The Balaban J connectivity index is 1.52. The number of benzene rings is 1. The van der Waals surface area contributed by atoms with Crippen molar-refractivity contribution < 1.29 is 0 Å². The summed E-state index contributed by atoms with van der Waals surface area (Å²) >= 11 is 0. The Morgan fingerprint density at radius 3 is 2.77 bits per heavy atom. The predicted octanol–water partition coefficient (Wildman–Crippen LogP) is 3.96. The van der Waals surface area contributed by atoms with Crippen LogP contribution >= 0.6 is 0 Å². The Bertz CT molecular complexity index is 1510. The normalized spacial score (nSPS) is 11.5. The second kappa shape index (κ2) is 6.35. The van der Waals surface area contributed by atoms with E-state index in [-0.39, 0.29) is 0 Å². The monoisotopic (exact) mass is 392 g/mol. The lowest BCUT2D eigenvalue weighted by Gasteiger charge is -2.00. The molecule has 0 saturated heterocycles. The zero-order chi connectivity index (χ0) is 20.1. The number of rotatable bonds is 3. The molecule has 8 heteroatoms. The molecule has 0 radical (unpaired) electrons. The molecule has 0 bridgehead atoms. The minimum absolute atomic E-state index is 0.632. The van der Waals surface area contributed by atoms with Gasteiger partial charge in [-0.15, -0.1) is 0 Å². The van der Waals surface area contributed by atoms with Gasteiger partial charge in [0.2, 0.25) is 0 Å². The lowest BCUT2D eigenvalue weighted by Crippen LogP contribution is -1.85. The quantitative estimate of drug-likeness (QED) is 0.475. The van der Waals surface area contributed by atoms with Gasteiger partial charge in [-0.25, -0.2) is 9.97 Å². The Morgan fingerprint density at radius 1 is 0.967 bits per heavy atom. The molecule has 0 saturated carbocycles. The largest absolute Gasteiger partial charge is 0.335 e. The maximum absolute atomic E-state index is 4.70. The molecule has 5 heterocycles. The summed E-state index contributed by atoms with van der Waals surface area (Å²) in [6.07, 6.45) is 7.37. The molecule has 1 aromatic carbocycles. The van der Waals surface area contributed by atoms with Gasteiger partial charge in [0.25, 0.3) is 0 Å². The number of fused-ring (bicyclic) bond motifs is 2. The summed E-state index contributed by atoms with van der Waals surface area (Å²) in [5.74, 6) is 0.662. The zero-order valence-corrected chi connectivity index (χ0v) is 16.0. The molecular weight excluding hydrogens is 376 g/mol. The summed E-state index contributed by atoms with van der Waals surface area (Å²) < 4.78 is 1.79. The predicted molar refractivity (Wildman–Crippen MR) is 114 cm³/mol. The number of nitrogens with zero attached hydrogens (tertiary/aromatic N) is 6. The molecule has 0 aliphatic heterocycles. The standard InChI is InChI=1S/C22H16N8/c1-30-12-14(11-25-30)13-5-6-18-16(10-13)20(29-28-18)22-26-19-15(7-9-24-21(19)27-22)17-4-2-3-8-23-17/h2-12H,1H3,(H,28,29)(H,24,26,27). The highest BCUT2D eigenvalue weighted by molar-refractivity contribution is 5.97. The average Bonchev–Trinajstić information content (AvgIpc) is 3.50. The van der Waals surface area contributed by atoms with Crippen molar-refractivity contribution in [3.8, 4) is 33.9 Å². The Kier molecular flexibility index (Phi) is 3.51. The van der Waals surface area contributed by atoms with Crippen LogP contribution in [0.2, 0.25) is 0 Å². The fraction of sp³-hybridized carbons (Fsp3) is 0.0455. The number of hydrogen-bond donors (Lipinski definition) is 2. The summed E-state index contributed by atoms with van der Waals surface area (Å²) in [7, 11) is 1.91. The number of pyridine rings is 2. The van der Waals surface area contributed by atoms with Gasteiger partial charge in [-0.1, -0.05) is 12.1 Å². The molecule has 6 rings (SSSR count). The highest BCUT2D eigenvalue weighted by Gasteiger charge is 2.16. The third kappa shape index (κ3) is 2.58. The fourth-order valence-corrected chi connectivity index (χ4v) is 3.70. The molecule has 0 fully saturated rings. The zero-order valence-electron chi connectivity index (χ0n) is 16.0. The van der Waals surface area contributed by atoms with E-state index in [1.807, 2.05) is 49.8 Å². The number of aryl methyl sites for hydroxylation is 1. The topological polar surface area (TPSA) is 101 Å². The summed E-state index contributed by atoms with van der Waals surface area (Å²) in [5, 5.41) is 12.9. The first-order valence-corrected chi connectivity index (χ1v) is 9.50. The smallest absolute Gasteiger partial charge is 0.178 e. The van der Waals surface area contributed by atoms with Gasteiger partial charge >= 0.3 is 0 Å². The van der Waals surface area contributed by atoms with Crippen LogP contribution < -0.4 is 0 Å². The third-order valence-corrected chi connectivity index (χ3v) is 5.16. The minimum Gasteiger partial charge on any atom is -0.335 e. The van der Waals surface area contributed by atoms with Gasteiger partial charge in [0.15, 0.2) is 11.5 Å². The highest BCUT2D eigenvalue weighted by Crippen LogP contribution is 2.31. The molecule has 0 aliphatic carbocycles. The number of H-pyrrole nitrogens is 2. The number of aromatic amines is 2. The van der Waals surface area contributed by atoms with E-state index in [0.29, 0.717) is 11.5 Å². The van der Waals surface area contributed by atoms with Crippen LogP contribution in [-0.2, 0) is 7.05 Å². The van der Waals surface area contributed by atoms with E-state index in [1.54, 1.807) is 17.1 Å². The Labute approximate surface area is 170 Å². The fourth-order valence-electron chi connectivity index (χ4n) is 3.70. The van der Waals surface area contributed by atoms with E-state index in [0.717, 1.165) is 44.5 Å². The molecule has 0 aliphatic rings. The van der Waals surface area contributed by atoms with Gasteiger partial charge in [0.1, 0.15) is 5.69 Å². The highest BCUT2D eigenvalue weighted by atomic mass is 15.2. The maximum atomic E-state index is 4.70. The Morgan fingerprint density at radius 2 is 1.93 bits per heavy atom. The summed E-state index contributed by atoms with van der Waals surface area (Å²) in [5.41, 5.74) is 7.10. The van der Waals surface area contributed by atoms with Crippen LogP contribution in [0.15, 0.2) is 67.3 Å². The molecule has 2 N–H and O–H groups in total. The third-order valence-electron chi connectivity index (χ3n) is 5.16. The van der Waals surface area contributed by atoms with Crippen molar-refractivity contribution in [3.63, 3.8) is 0 Å². The van der Waals surface area contributed by atoms with Gasteiger partial charge < -0.3 is 4.98 Å². The van der Waals surface area contributed by atoms with Crippen molar-refractivity contribution in [1.82, 2.24) is 39.9 Å². The van der Waals surface area contributed by atoms with Crippen LogP contribution in [0.3, 0.4) is 0 Å². The molecule has 8 nitrogen and oxygen atoms in total. The van der Waals surface area contributed by atoms with Crippen LogP contribution in [0.4, 0.5) is 0 Å². The first kappa shape index (κ1) is 16.6. The van der Waals surface area contributed by atoms with Crippen molar-refractivity contribution in [2.45, 2.75) is 0 Å². The van der Waals surface area contributed by atoms with Crippen LogP contribution in [0, 0.1) is 0 Å². The van der Waals surface area contributed by atoms with Crippen LogP contribution in [0.5, 0.6) is 0 Å². The Hall–Kier alpha value is -4.33. The van der Waals surface area contributed by atoms with E-state index < -0.39 is 0 Å². The van der Waals surface area contributed by atoms with Crippen molar-refractivity contribution >= 4 is 22.1 Å². The van der Waals surface area contributed by atoms with Crippen molar-refractivity contribution in [2.24, 2.45) is 7.05 Å². The van der Waals surface area contributed by atoms with Crippen molar-refractivity contribution in [2.75, 3.05) is 0 Å². The SMILES string of the molecule is Cn1cc(-c2ccc3[nH]nc(-c4nc5nccc(-c6ccccn6)c5[nH]4)c3c2)cn1. The molecular formula is C22H16N8.